The molecule has 0 atom stereocenters. The van der Waals surface area contributed by atoms with Crippen LogP contribution in [0.1, 0.15) is 35.4 Å². The van der Waals surface area contributed by atoms with Gasteiger partial charge in [0.25, 0.3) is 0 Å². The van der Waals surface area contributed by atoms with Crippen LogP contribution in [0.3, 0.4) is 0 Å². The zero-order chi connectivity index (χ0) is 11.0. The molecule has 82 valence electrons. The lowest BCUT2D eigenvalue weighted by Crippen LogP contribution is -2.34. The summed E-state index contributed by atoms with van der Waals surface area (Å²) in [4.78, 5) is 0. The highest BCUT2D eigenvalue weighted by Crippen LogP contribution is 2.41. The normalized spacial score (nSPS) is 24.8. The van der Waals surface area contributed by atoms with Crippen molar-refractivity contribution in [1.82, 2.24) is 0 Å². The summed E-state index contributed by atoms with van der Waals surface area (Å²) in [7, 11) is 1.74. The molecule has 0 saturated heterocycles. The van der Waals surface area contributed by atoms with Crippen molar-refractivity contribution in [2.45, 2.75) is 38.6 Å². The van der Waals surface area contributed by atoms with E-state index in [1.807, 2.05) is 0 Å². The highest BCUT2D eigenvalue weighted by molar-refractivity contribution is 5.44. The van der Waals surface area contributed by atoms with Crippen LogP contribution >= 0.6 is 0 Å². The molecule has 1 aliphatic rings. The van der Waals surface area contributed by atoms with E-state index in [4.69, 9.17) is 10.5 Å². The summed E-state index contributed by atoms with van der Waals surface area (Å²) in [6, 6.07) is 4.78. The molecular formula is C13H19NO. The first kappa shape index (κ1) is 10.5. The van der Waals surface area contributed by atoms with Gasteiger partial charge < -0.3 is 10.5 Å². The van der Waals surface area contributed by atoms with Crippen molar-refractivity contribution >= 4 is 0 Å². The fourth-order valence-corrected chi connectivity index (χ4v) is 2.22. The molecule has 15 heavy (non-hydrogen) atoms. The van der Waals surface area contributed by atoms with E-state index in [1.54, 1.807) is 7.11 Å². The second-order valence-electron chi connectivity index (χ2n) is 4.61. The number of ether oxygens (including phenoxy) is 1. The summed E-state index contributed by atoms with van der Waals surface area (Å²) >= 11 is 0. The van der Waals surface area contributed by atoms with Crippen molar-refractivity contribution in [2.75, 3.05) is 7.11 Å². The number of methoxy groups -OCH3 is 1. The van der Waals surface area contributed by atoms with Gasteiger partial charge in [-0.3, -0.25) is 0 Å². The van der Waals surface area contributed by atoms with Crippen LogP contribution in [-0.2, 0) is 0 Å². The maximum atomic E-state index is 5.82. The average molecular weight is 205 g/mol. The molecule has 1 aromatic carbocycles. The van der Waals surface area contributed by atoms with Gasteiger partial charge in [-0.15, -0.1) is 0 Å². The van der Waals surface area contributed by atoms with E-state index in [2.05, 4.69) is 26.0 Å². The number of nitrogens with two attached hydrogens (primary N) is 1. The first-order valence-electron chi connectivity index (χ1n) is 5.52. The maximum Gasteiger partial charge on any atom is 0.122 e. The molecule has 0 aliphatic heterocycles. The van der Waals surface area contributed by atoms with Crippen LogP contribution in [0.25, 0.3) is 0 Å². The highest BCUT2D eigenvalue weighted by atomic mass is 16.5. The van der Waals surface area contributed by atoms with E-state index < -0.39 is 0 Å². The van der Waals surface area contributed by atoms with Crippen molar-refractivity contribution in [1.29, 1.82) is 0 Å². The Kier molecular flexibility index (Phi) is 2.70. The molecule has 2 heteroatoms. The Bertz CT molecular complexity index is 367. The van der Waals surface area contributed by atoms with Gasteiger partial charge in [0.15, 0.2) is 0 Å². The largest absolute Gasteiger partial charge is 0.496 e. The zero-order valence-electron chi connectivity index (χ0n) is 9.71. The number of aryl methyl sites for hydroxylation is 2. The lowest BCUT2D eigenvalue weighted by Gasteiger charge is -2.34. The molecule has 0 unspecified atom stereocenters. The molecule has 2 rings (SSSR count). The fourth-order valence-electron chi connectivity index (χ4n) is 2.22. The summed E-state index contributed by atoms with van der Waals surface area (Å²) in [5.74, 6) is 1.63. The van der Waals surface area contributed by atoms with Crippen molar-refractivity contribution in [3.05, 3.63) is 28.8 Å². The van der Waals surface area contributed by atoms with E-state index in [0.29, 0.717) is 12.0 Å². The standard InChI is InChI=1S/C13H19NO/c1-8-4-12(10-6-11(14)7-10)13(15-3)5-9(8)2/h4-5,10-11H,6-7,14H2,1-3H3. The Labute approximate surface area is 91.4 Å². The van der Waals surface area contributed by atoms with Gasteiger partial charge in [0.2, 0.25) is 0 Å². The van der Waals surface area contributed by atoms with E-state index >= 15 is 0 Å². The quantitative estimate of drug-likeness (QED) is 0.805. The summed E-state index contributed by atoms with van der Waals surface area (Å²) in [6.07, 6.45) is 2.19. The topological polar surface area (TPSA) is 35.2 Å². The lowest BCUT2D eigenvalue weighted by atomic mass is 9.75. The predicted octanol–water partition coefficient (Wildman–Crippen LogP) is 2.52. The van der Waals surface area contributed by atoms with Gasteiger partial charge in [0, 0.05) is 6.04 Å². The first-order valence-corrected chi connectivity index (χ1v) is 5.52. The Hall–Kier alpha value is -1.02. The maximum absolute atomic E-state index is 5.82. The van der Waals surface area contributed by atoms with Crippen LogP contribution in [0.5, 0.6) is 5.75 Å². The Balaban J connectivity index is 2.33. The van der Waals surface area contributed by atoms with Gasteiger partial charge in [0.05, 0.1) is 7.11 Å². The van der Waals surface area contributed by atoms with Crippen LogP contribution < -0.4 is 10.5 Å². The van der Waals surface area contributed by atoms with E-state index in [-0.39, 0.29) is 0 Å². The first-order chi connectivity index (χ1) is 7.11. The van der Waals surface area contributed by atoms with Gasteiger partial charge in [-0.2, -0.15) is 0 Å². The molecule has 1 fully saturated rings. The lowest BCUT2D eigenvalue weighted by molar-refractivity contribution is 0.333. The molecule has 0 aromatic heterocycles. The molecule has 2 N–H and O–H groups in total. The summed E-state index contributed by atoms with van der Waals surface area (Å²) in [5, 5.41) is 0. The summed E-state index contributed by atoms with van der Waals surface area (Å²) < 4.78 is 5.43. The van der Waals surface area contributed by atoms with E-state index in [1.165, 1.54) is 16.7 Å². The van der Waals surface area contributed by atoms with Crippen molar-refractivity contribution in [2.24, 2.45) is 5.73 Å². The minimum Gasteiger partial charge on any atom is -0.496 e. The van der Waals surface area contributed by atoms with Crippen molar-refractivity contribution in [3.63, 3.8) is 0 Å². The highest BCUT2D eigenvalue weighted by Gasteiger charge is 2.29. The van der Waals surface area contributed by atoms with Crippen molar-refractivity contribution < 1.29 is 4.74 Å². The Morgan fingerprint density at radius 3 is 2.33 bits per heavy atom. The molecule has 0 radical (unpaired) electrons. The van der Waals surface area contributed by atoms with E-state index in [0.717, 1.165) is 18.6 Å². The number of hydrogen-bond acceptors (Lipinski definition) is 2. The summed E-state index contributed by atoms with van der Waals surface area (Å²) in [6.45, 7) is 4.27. The van der Waals surface area contributed by atoms with Gasteiger partial charge in [-0.1, -0.05) is 6.07 Å². The molecule has 1 aromatic rings. The molecule has 1 saturated carbocycles. The fraction of sp³-hybridized carbons (Fsp3) is 0.538. The minimum atomic E-state index is 0.390. The third-order valence-electron chi connectivity index (χ3n) is 3.46. The SMILES string of the molecule is COc1cc(C)c(C)cc1C1CC(N)C1. The van der Waals surface area contributed by atoms with Crippen LogP contribution in [0.4, 0.5) is 0 Å². The molecule has 0 bridgehead atoms. The molecule has 0 spiro atoms. The predicted molar refractivity (Wildman–Crippen MR) is 62.4 cm³/mol. The average Bonchev–Trinajstić information content (AvgIpc) is 2.17. The van der Waals surface area contributed by atoms with Crippen LogP contribution in [0, 0.1) is 13.8 Å². The Morgan fingerprint density at radius 1 is 1.20 bits per heavy atom. The monoisotopic (exact) mass is 205 g/mol. The number of rotatable bonds is 2. The number of benzene rings is 1. The van der Waals surface area contributed by atoms with Gasteiger partial charge >= 0.3 is 0 Å². The van der Waals surface area contributed by atoms with E-state index in [9.17, 15) is 0 Å². The van der Waals surface area contributed by atoms with Crippen LogP contribution in [0.2, 0.25) is 0 Å². The molecule has 0 amide bonds. The second kappa shape index (κ2) is 3.86. The van der Waals surface area contributed by atoms with Crippen LogP contribution in [-0.4, -0.2) is 13.2 Å². The smallest absolute Gasteiger partial charge is 0.122 e. The van der Waals surface area contributed by atoms with Crippen LogP contribution in [0.15, 0.2) is 12.1 Å². The number of hydrogen-bond donors (Lipinski definition) is 1. The molecule has 2 nitrogen and oxygen atoms in total. The summed E-state index contributed by atoms with van der Waals surface area (Å²) in [5.41, 5.74) is 9.79. The zero-order valence-corrected chi connectivity index (χ0v) is 9.71. The van der Waals surface area contributed by atoms with Gasteiger partial charge in [0.1, 0.15) is 5.75 Å². The molecule has 0 heterocycles. The molecular weight excluding hydrogens is 186 g/mol. The third kappa shape index (κ3) is 1.86. The second-order valence-corrected chi connectivity index (χ2v) is 4.61. The minimum absolute atomic E-state index is 0.390. The Morgan fingerprint density at radius 2 is 1.80 bits per heavy atom. The van der Waals surface area contributed by atoms with Gasteiger partial charge in [-0.25, -0.2) is 0 Å². The third-order valence-corrected chi connectivity index (χ3v) is 3.46. The van der Waals surface area contributed by atoms with Gasteiger partial charge in [-0.05, 0) is 55.4 Å². The molecule has 1 aliphatic carbocycles. The van der Waals surface area contributed by atoms with Crippen molar-refractivity contribution in [3.8, 4) is 5.75 Å².